The Kier molecular flexibility index (Phi) is 5.09. The van der Waals surface area contributed by atoms with E-state index in [4.69, 9.17) is 9.97 Å². The lowest BCUT2D eigenvalue weighted by atomic mass is 9.77. The van der Waals surface area contributed by atoms with Crippen LogP contribution in [-0.4, -0.2) is 54.0 Å². The van der Waals surface area contributed by atoms with Crippen LogP contribution in [0, 0.1) is 0 Å². The van der Waals surface area contributed by atoms with Crippen molar-refractivity contribution in [2.45, 2.75) is 51.0 Å². The third-order valence-corrected chi connectivity index (χ3v) is 6.40. The number of anilines is 1. The molecule has 2 aliphatic rings. The highest BCUT2D eigenvalue weighted by molar-refractivity contribution is 5.76. The highest BCUT2D eigenvalue weighted by Gasteiger charge is 2.45. The monoisotopic (exact) mass is 418 g/mol. The zero-order chi connectivity index (χ0) is 21.3. The van der Waals surface area contributed by atoms with Gasteiger partial charge in [-0.1, -0.05) is 6.92 Å². The van der Waals surface area contributed by atoms with E-state index in [1.54, 1.807) is 12.4 Å². The van der Waals surface area contributed by atoms with Crippen molar-refractivity contribution in [1.29, 1.82) is 0 Å². The molecule has 3 aromatic heterocycles. The molecule has 1 aliphatic carbocycles. The summed E-state index contributed by atoms with van der Waals surface area (Å²) in [6.45, 7) is 4.00. The third-order valence-electron chi connectivity index (χ3n) is 6.40. The molecule has 2 N–H and O–H groups in total. The molecule has 1 fully saturated rings. The minimum Gasteiger partial charge on any atom is -0.362 e. The van der Waals surface area contributed by atoms with Crippen molar-refractivity contribution in [3.8, 4) is 11.4 Å². The number of rotatable bonds is 5. The fourth-order valence-corrected chi connectivity index (χ4v) is 4.86. The Balaban J connectivity index is 1.55. The number of hydrogen-bond acceptors (Lipinski definition) is 7. The maximum Gasteiger partial charge on any atom is 0.222 e. The largest absolute Gasteiger partial charge is 0.362 e. The van der Waals surface area contributed by atoms with E-state index in [0.29, 0.717) is 18.8 Å². The van der Waals surface area contributed by atoms with E-state index in [2.05, 4.69) is 25.5 Å². The Morgan fingerprint density at radius 1 is 1.32 bits per heavy atom. The van der Waals surface area contributed by atoms with E-state index >= 15 is 0 Å². The van der Waals surface area contributed by atoms with Crippen LogP contribution in [0.1, 0.15) is 49.7 Å². The molecule has 160 valence electrons. The van der Waals surface area contributed by atoms with Crippen molar-refractivity contribution >= 4 is 11.7 Å². The minimum absolute atomic E-state index is 0.110. The van der Waals surface area contributed by atoms with Crippen molar-refractivity contribution in [3.05, 3.63) is 47.9 Å². The van der Waals surface area contributed by atoms with Crippen LogP contribution in [0.2, 0.25) is 0 Å². The summed E-state index contributed by atoms with van der Waals surface area (Å²) in [6, 6.07) is 3.87. The maximum absolute atomic E-state index is 12.5. The summed E-state index contributed by atoms with van der Waals surface area (Å²) in [5.41, 5.74) is 3.00. The molecular formula is C22H26N8O. The molecule has 5 rings (SSSR count). The quantitative estimate of drug-likeness (QED) is 0.654. The third kappa shape index (κ3) is 3.64. The van der Waals surface area contributed by atoms with Crippen molar-refractivity contribution in [2.75, 3.05) is 18.4 Å². The zero-order valence-electron chi connectivity index (χ0n) is 17.6. The predicted octanol–water partition coefficient (Wildman–Crippen LogP) is 2.49. The van der Waals surface area contributed by atoms with Crippen LogP contribution < -0.4 is 5.32 Å². The Bertz CT molecular complexity index is 1070. The molecule has 0 saturated carbocycles. The molecule has 0 radical (unpaired) electrons. The molecule has 1 spiro atoms. The van der Waals surface area contributed by atoms with Gasteiger partial charge in [-0.15, -0.1) is 0 Å². The highest BCUT2D eigenvalue weighted by Crippen LogP contribution is 2.46. The van der Waals surface area contributed by atoms with Crippen molar-refractivity contribution < 1.29 is 4.79 Å². The number of carbonyl (C=O) groups is 1. The number of H-pyrrole nitrogens is 1. The first-order valence-corrected chi connectivity index (χ1v) is 10.9. The van der Waals surface area contributed by atoms with Crippen LogP contribution in [0.15, 0.2) is 30.9 Å². The molecule has 4 heterocycles. The molecule has 9 nitrogen and oxygen atoms in total. The highest BCUT2D eigenvalue weighted by atomic mass is 16.2. The van der Waals surface area contributed by atoms with E-state index in [1.165, 1.54) is 6.33 Å². The number of aromatic nitrogens is 6. The van der Waals surface area contributed by atoms with E-state index in [9.17, 15) is 4.79 Å². The van der Waals surface area contributed by atoms with Crippen LogP contribution in [0.5, 0.6) is 0 Å². The van der Waals surface area contributed by atoms with E-state index in [0.717, 1.165) is 67.2 Å². The number of nitrogens with zero attached hydrogens (tertiary/aromatic N) is 6. The van der Waals surface area contributed by atoms with Crippen LogP contribution in [0.3, 0.4) is 0 Å². The molecule has 1 saturated heterocycles. The fourth-order valence-electron chi connectivity index (χ4n) is 4.86. The van der Waals surface area contributed by atoms with Gasteiger partial charge in [-0.25, -0.2) is 15.0 Å². The first kappa shape index (κ1) is 19.6. The van der Waals surface area contributed by atoms with Crippen molar-refractivity contribution in [3.63, 3.8) is 0 Å². The van der Waals surface area contributed by atoms with Gasteiger partial charge >= 0.3 is 0 Å². The molecule has 0 bridgehead atoms. The second-order valence-electron chi connectivity index (χ2n) is 8.30. The standard InChI is InChI=1S/C22H26N8O/c1-2-18(31)30-10-4-7-22(13-30)8-6-16-19(22)27-20(15-5-3-9-23-11-15)28-21(16)24-12-17-25-14-26-29-17/h3,5,9,11,14H,2,4,6-8,10,12-13H2,1H3,(H,24,27,28)(H,25,26,29). The molecule has 3 aromatic rings. The van der Waals surface area contributed by atoms with E-state index < -0.39 is 0 Å². The van der Waals surface area contributed by atoms with Gasteiger partial charge in [-0.05, 0) is 37.8 Å². The molecule has 1 aliphatic heterocycles. The summed E-state index contributed by atoms with van der Waals surface area (Å²) in [5.74, 6) is 2.46. The molecule has 1 amide bonds. The zero-order valence-corrected chi connectivity index (χ0v) is 17.6. The molecule has 1 atom stereocenters. The Morgan fingerprint density at radius 3 is 3.03 bits per heavy atom. The first-order valence-electron chi connectivity index (χ1n) is 10.9. The van der Waals surface area contributed by atoms with Crippen LogP contribution >= 0.6 is 0 Å². The van der Waals surface area contributed by atoms with Gasteiger partial charge in [-0.3, -0.25) is 14.9 Å². The average molecular weight is 419 g/mol. The first-order chi connectivity index (χ1) is 15.2. The number of aromatic amines is 1. The normalized spacial score (nSPS) is 20.1. The lowest BCUT2D eigenvalue weighted by Crippen LogP contribution is -2.47. The summed E-state index contributed by atoms with van der Waals surface area (Å²) >= 11 is 0. The fraction of sp³-hybridized carbons (Fsp3) is 0.455. The van der Waals surface area contributed by atoms with Gasteiger partial charge in [-0.2, -0.15) is 5.10 Å². The number of likely N-dealkylation sites (tertiary alicyclic amines) is 1. The van der Waals surface area contributed by atoms with E-state index in [1.807, 2.05) is 24.0 Å². The van der Waals surface area contributed by atoms with Gasteiger partial charge in [0.15, 0.2) is 5.82 Å². The minimum atomic E-state index is -0.110. The molecule has 31 heavy (non-hydrogen) atoms. The van der Waals surface area contributed by atoms with E-state index in [-0.39, 0.29) is 11.3 Å². The topological polar surface area (TPSA) is 113 Å². The number of carbonyl (C=O) groups excluding carboxylic acids is 1. The lowest BCUT2D eigenvalue weighted by molar-refractivity contribution is -0.133. The Hall–Kier alpha value is -3.36. The van der Waals surface area contributed by atoms with Gasteiger partial charge in [0.05, 0.1) is 12.2 Å². The second-order valence-corrected chi connectivity index (χ2v) is 8.30. The number of fused-ring (bicyclic) bond motifs is 2. The van der Waals surface area contributed by atoms with Crippen LogP contribution in [0.25, 0.3) is 11.4 Å². The number of hydrogen-bond donors (Lipinski definition) is 2. The summed E-state index contributed by atoms with van der Waals surface area (Å²) < 4.78 is 0. The van der Waals surface area contributed by atoms with Gasteiger partial charge in [0.25, 0.3) is 0 Å². The van der Waals surface area contributed by atoms with Crippen molar-refractivity contribution in [2.24, 2.45) is 0 Å². The number of piperidine rings is 1. The van der Waals surface area contributed by atoms with Crippen molar-refractivity contribution in [1.82, 2.24) is 35.0 Å². The summed E-state index contributed by atoms with van der Waals surface area (Å²) in [7, 11) is 0. The predicted molar refractivity (Wildman–Crippen MR) is 115 cm³/mol. The molecular weight excluding hydrogens is 392 g/mol. The summed E-state index contributed by atoms with van der Waals surface area (Å²) in [6.07, 6.45) is 9.49. The van der Waals surface area contributed by atoms with Crippen LogP contribution in [-0.2, 0) is 23.2 Å². The summed E-state index contributed by atoms with van der Waals surface area (Å²) in [4.78, 5) is 32.8. The number of pyridine rings is 1. The van der Waals surface area contributed by atoms with Gasteiger partial charge in [0, 0.05) is 48.4 Å². The Labute approximate surface area is 180 Å². The number of nitrogens with one attached hydrogen (secondary N) is 2. The summed E-state index contributed by atoms with van der Waals surface area (Å²) in [5, 5.41) is 10.2. The number of amides is 1. The smallest absolute Gasteiger partial charge is 0.222 e. The SMILES string of the molecule is CCC(=O)N1CCCC2(CCc3c(NCc4ncn[nH]4)nc(-c4cccnc4)nc32)C1. The lowest BCUT2D eigenvalue weighted by Gasteiger charge is -2.40. The van der Waals surface area contributed by atoms with Gasteiger partial charge in [0.2, 0.25) is 5.91 Å². The Morgan fingerprint density at radius 2 is 2.26 bits per heavy atom. The van der Waals surface area contributed by atoms with Gasteiger partial charge < -0.3 is 10.2 Å². The second kappa shape index (κ2) is 8.05. The average Bonchev–Trinajstić information content (AvgIpc) is 3.46. The maximum atomic E-state index is 12.5. The molecule has 1 unspecified atom stereocenters. The van der Waals surface area contributed by atoms with Crippen LogP contribution in [0.4, 0.5) is 5.82 Å². The molecule has 0 aromatic carbocycles. The van der Waals surface area contributed by atoms with Gasteiger partial charge in [0.1, 0.15) is 18.0 Å². The molecule has 9 heteroatoms.